The summed E-state index contributed by atoms with van der Waals surface area (Å²) in [4.78, 5) is 4.13. The van der Waals surface area contributed by atoms with E-state index in [9.17, 15) is 0 Å². The van der Waals surface area contributed by atoms with Crippen molar-refractivity contribution in [1.82, 2.24) is 9.55 Å². The predicted octanol–water partition coefficient (Wildman–Crippen LogP) is -0.278. The number of rotatable bonds is 1. The second-order valence-electron chi connectivity index (χ2n) is 2.34. The fraction of sp³-hybridized carbons (Fsp3) is 0.500. The summed E-state index contributed by atoms with van der Waals surface area (Å²) in [6.45, 7) is 4.29. The fourth-order valence-electron chi connectivity index (χ4n) is 0.635. The van der Waals surface area contributed by atoms with E-state index >= 15 is 0 Å². The number of hydrogen-bond donors (Lipinski definition) is 0. The van der Waals surface area contributed by atoms with Crippen LogP contribution >= 0.6 is 0 Å². The van der Waals surface area contributed by atoms with E-state index in [0.29, 0.717) is 6.04 Å². The molecule has 1 aromatic heterocycles. The van der Waals surface area contributed by atoms with E-state index < -0.39 is 0 Å². The van der Waals surface area contributed by atoms with Gasteiger partial charge in [0.15, 0.2) is 0 Å². The van der Waals surface area contributed by atoms with E-state index in [1.165, 1.54) is 0 Å². The Labute approximate surface area is 63.8 Å². The van der Waals surface area contributed by atoms with Gasteiger partial charge >= 0.3 is 63.3 Å². The Hall–Kier alpha value is -0.232. The van der Waals surface area contributed by atoms with Gasteiger partial charge in [-0.1, -0.05) is 0 Å². The number of aromatic nitrogens is 2. The van der Waals surface area contributed by atoms with Crippen LogP contribution in [-0.2, 0) is 0 Å². The topological polar surface area (TPSA) is 17.8 Å². The Morgan fingerprint density at radius 2 is 2.33 bits per heavy atom. The Morgan fingerprint density at radius 3 is 2.56 bits per heavy atom. The van der Waals surface area contributed by atoms with Gasteiger partial charge in [-0.25, -0.2) is 0 Å². The molecular formula is C6H11AsN2. The molecule has 0 aliphatic rings. The molecule has 0 amide bonds. The molecule has 1 unspecified atom stereocenters. The number of imidazole rings is 1. The van der Waals surface area contributed by atoms with Crippen molar-refractivity contribution < 1.29 is 0 Å². The van der Waals surface area contributed by atoms with Crippen LogP contribution in [0.25, 0.3) is 0 Å². The third-order valence-electron chi connectivity index (χ3n) is 1.22. The molecule has 0 aliphatic carbocycles. The molecule has 9 heavy (non-hydrogen) atoms. The molecular weight excluding hydrogens is 175 g/mol. The third-order valence-corrected chi connectivity index (χ3v) is 1.84. The first kappa shape index (κ1) is 6.88. The monoisotopic (exact) mass is 186 g/mol. The van der Waals surface area contributed by atoms with E-state index in [1.54, 1.807) is 16.9 Å². The van der Waals surface area contributed by atoms with Gasteiger partial charge in [0, 0.05) is 0 Å². The molecule has 0 saturated heterocycles. The summed E-state index contributed by atoms with van der Waals surface area (Å²) in [5.41, 5.74) is 0. The van der Waals surface area contributed by atoms with Gasteiger partial charge < -0.3 is 0 Å². The minimum absolute atomic E-state index is 0.544. The van der Waals surface area contributed by atoms with Crippen LogP contribution in [0.5, 0.6) is 0 Å². The van der Waals surface area contributed by atoms with Gasteiger partial charge in [-0.15, -0.1) is 0 Å². The minimum atomic E-state index is 0.544. The molecule has 0 spiro atoms. The zero-order chi connectivity index (χ0) is 6.85. The summed E-state index contributed by atoms with van der Waals surface area (Å²) >= 11 is 1.58. The first-order valence-electron chi connectivity index (χ1n) is 2.99. The molecule has 2 nitrogen and oxygen atoms in total. The van der Waals surface area contributed by atoms with Crippen LogP contribution in [0, 0.1) is 0 Å². The van der Waals surface area contributed by atoms with Crippen LogP contribution in [0.3, 0.4) is 0 Å². The zero-order valence-corrected chi connectivity index (χ0v) is 8.13. The molecule has 0 aromatic carbocycles. The van der Waals surface area contributed by atoms with Crippen LogP contribution in [0.2, 0.25) is 0 Å². The van der Waals surface area contributed by atoms with E-state index in [0.717, 1.165) is 4.48 Å². The molecule has 1 atom stereocenters. The van der Waals surface area contributed by atoms with Crippen LogP contribution in [-0.4, -0.2) is 26.4 Å². The summed E-state index contributed by atoms with van der Waals surface area (Å²) in [6.07, 6.45) is 3.95. The molecule has 50 valence electrons. The molecule has 1 heterocycles. The quantitative estimate of drug-likeness (QED) is 0.551. The predicted molar refractivity (Wildman–Crippen MR) is 40.8 cm³/mol. The van der Waals surface area contributed by atoms with Crippen molar-refractivity contribution in [2.24, 2.45) is 0 Å². The van der Waals surface area contributed by atoms with Crippen molar-refractivity contribution in [3.8, 4) is 0 Å². The average Bonchev–Trinajstić information content (AvgIpc) is 2.14. The normalized spacial score (nSPS) is 10.7. The van der Waals surface area contributed by atoms with Crippen LogP contribution in [0.4, 0.5) is 0 Å². The molecule has 3 heteroatoms. The van der Waals surface area contributed by atoms with Gasteiger partial charge in [0.25, 0.3) is 0 Å². The fourth-order valence-corrected chi connectivity index (χ4v) is 1.14. The number of nitrogens with zero attached hydrogens (tertiary/aromatic N) is 2. The summed E-state index contributed by atoms with van der Waals surface area (Å²) in [5, 5.41) is 0. The second kappa shape index (κ2) is 2.57. The average molecular weight is 186 g/mol. The molecule has 0 bridgehead atoms. The van der Waals surface area contributed by atoms with Crippen molar-refractivity contribution >= 4 is 21.3 Å². The summed E-state index contributed by atoms with van der Waals surface area (Å²) < 4.78 is 3.26. The third kappa shape index (κ3) is 1.59. The van der Waals surface area contributed by atoms with E-state index in [4.69, 9.17) is 0 Å². The van der Waals surface area contributed by atoms with Crippen LogP contribution in [0.15, 0.2) is 12.5 Å². The maximum absolute atomic E-state index is 4.13. The van der Waals surface area contributed by atoms with E-state index in [-0.39, 0.29) is 0 Å². The first-order chi connectivity index (χ1) is 4.20. The Morgan fingerprint density at radius 1 is 1.67 bits per heavy atom. The number of hydrogen-bond acceptors (Lipinski definition) is 1. The molecule has 0 radical (unpaired) electrons. The molecule has 1 rings (SSSR count). The molecule has 0 fully saturated rings. The van der Waals surface area contributed by atoms with Gasteiger partial charge in [0.05, 0.1) is 0 Å². The van der Waals surface area contributed by atoms with Crippen LogP contribution in [0.1, 0.15) is 19.9 Å². The summed E-state index contributed by atoms with van der Waals surface area (Å²) in [7, 11) is 0. The second-order valence-corrected chi connectivity index (χ2v) is 3.58. The van der Waals surface area contributed by atoms with Crippen molar-refractivity contribution in [1.29, 1.82) is 0 Å². The van der Waals surface area contributed by atoms with E-state index in [1.807, 2.05) is 6.33 Å². The Bertz CT molecular complexity index is 193. The van der Waals surface area contributed by atoms with Crippen molar-refractivity contribution in [3.05, 3.63) is 12.5 Å². The molecule has 0 N–H and O–H groups in total. The first-order valence-corrected chi connectivity index (χ1v) is 4.20. The van der Waals surface area contributed by atoms with Crippen molar-refractivity contribution in [2.45, 2.75) is 19.9 Å². The molecule has 1 aromatic rings. The zero-order valence-electron chi connectivity index (χ0n) is 5.70. The summed E-state index contributed by atoms with van der Waals surface area (Å²) in [5.74, 6) is 0. The van der Waals surface area contributed by atoms with Gasteiger partial charge in [0.1, 0.15) is 0 Å². The van der Waals surface area contributed by atoms with Crippen LogP contribution < -0.4 is 4.48 Å². The SMILES string of the molecule is CC(C)n1cnc([AsH2])c1. The molecule has 0 aliphatic heterocycles. The standard InChI is InChI=1S/C6H11AsN2/c1-5(2)9-3-6(7)8-4-9/h3-5H,7H2,1-2H3. The summed E-state index contributed by atoms with van der Waals surface area (Å²) in [6, 6.07) is 0.544. The Balaban J connectivity index is 2.85. The Kier molecular flexibility index (Phi) is 1.97. The van der Waals surface area contributed by atoms with Crippen molar-refractivity contribution in [3.63, 3.8) is 0 Å². The van der Waals surface area contributed by atoms with Gasteiger partial charge in [0.2, 0.25) is 0 Å². The van der Waals surface area contributed by atoms with Crippen molar-refractivity contribution in [2.75, 3.05) is 0 Å². The van der Waals surface area contributed by atoms with Gasteiger partial charge in [-0.2, -0.15) is 0 Å². The van der Waals surface area contributed by atoms with E-state index in [2.05, 4.69) is 29.6 Å². The van der Waals surface area contributed by atoms with Gasteiger partial charge in [-0.05, 0) is 0 Å². The maximum atomic E-state index is 4.13. The molecule has 0 saturated carbocycles. The van der Waals surface area contributed by atoms with Gasteiger partial charge in [-0.3, -0.25) is 0 Å².